The van der Waals surface area contributed by atoms with E-state index < -0.39 is 0 Å². The van der Waals surface area contributed by atoms with Crippen molar-refractivity contribution in [3.8, 4) is 34.3 Å². The van der Waals surface area contributed by atoms with E-state index in [0.29, 0.717) is 28.8 Å². The van der Waals surface area contributed by atoms with E-state index in [4.69, 9.17) is 14.0 Å². The Morgan fingerprint density at radius 3 is 2.68 bits per heavy atom. The molecular formula is C21H19N3O4. The van der Waals surface area contributed by atoms with Gasteiger partial charge in [0, 0.05) is 29.8 Å². The molecule has 0 aliphatic carbocycles. The lowest BCUT2D eigenvalue weighted by Gasteiger charge is -2.26. The predicted octanol–water partition coefficient (Wildman–Crippen LogP) is 3.76. The third-order valence-corrected chi connectivity index (χ3v) is 5.06. The smallest absolute Gasteiger partial charge is 0.258 e. The van der Waals surface area contributed by atoms with Gasteiger partial charge < -0.3 is 18.9 Å². The van der Waals surface area contributed by atoms with E-state index in [9.17, 15) is 4.79 Å². The van der Waals surface area contributed by atoms with Crippen LogP contribution < -0.4 is 9.47 Å². The van der Waals surface area contributed by atoms with Crippen molar-refractivity contribution < 1.29 is 18.8 Å². The van der Waals surface area contributed by atoms with Gasteiger partial charge in [0.05, 0.1) is 0 Å². The van der Waals surface area contributed by atoms with Crippen LogP contribution in [-0.4, -0.2) is 40.8 Å². The van der Waals surface area contributed by atoms with E-state index in [-0.39, 0.29) is 12.7 Å². The average Bonchev–Trinajstić information content (AvgIpc) is 3.43. The number of hydrogen-bond donors (Lipinski definition) is 0. The quantitative estimate of drug-likeness (QED) is 0.692. The summed E-state index contributed by atoms with van der Waals surface area (Å²) in [6, 6.07) is 12.9. The molecule has 0 N–H and O–H groups in total. The maximum absolute atomic E-state index is 12.8. The summed E-state index contributed by atoms with van der Waals surface area (Å²) in [7, 11) is 0. The van der Waals surface area contributed by atoms with Gasteiger partial charge in [-0.2, -0.15) is 4.98 Å². The van der Waals surface area contributed by atoms with Crippen molar-refractivity contribution in [2.24, 2.45) is 0 Å². The first kappa shape index (κ1) is 16.8. The molecule has 1 saturated heterocycles. The molecule has 5 rings (SSSR count). The average molecular weight is 377 g/mol. The molecule has 7 heteroatoms. The molecule has 3 heterocycles. The first-order valence-electron chi connectivity index (χ1n) is 9.41. The van der Waals surface area contributed by atoms with Crippen LogP contribution in [0.15, 0.2) is 47.0 Å². The third-order valence-electron chi connectivity index (χ3n) is 5.06. The summed E-state index contributed by atoms with van der Waals surface area (Å²) in [5, 5.41) is 4.09. The van der Waals surface area contributed by atoms with Crippen molar-refractivity contribution >= 4 is 5.91 Å². The Morgan fingerprint density at radius 1 is 0.929 bits per heavy atom. The highest BCUT2D eigenvalue weighted by Gasteiger charge is 2.20. The molecule has 2 aromatic carbocycles. The van der Waals surface area contributed by atoms with Gasteiger partial charge in [-0.25, -0.2) is 0 Å². The van der Waals surface area contributed by atoms with Crippen LogP contribution in [0, 0.1) is 0 Å². The van der Waals surface area contributed by atoms with Crippen LogP contribution in [0.1, 0.15) is 29.6 Å². The van der Waals surface area contributed by atoms with Gasteiger partial charge in [0.15, 0.2) is 11.5 Å². The summed E-state index contributed by atoms with van der Waals surface area (Å²) < 4.78 is 16.2. The fourth-order valence-corrected chi connectivity index (χ4v) is 3.56. The van der Waals surface area contributed by atoms with Gasteiger partial charge in [-0.3, -0.25) is 4.79 Å². The summed E-state index contributed by atoms with van der Waals surface area (Å²) in [6.45, 7) is 1.85. The van der Waals surface area contributed by atoms with Gasteiger partial charge in [-0.1, -0.05) is 17.3 Å². The summed E-state index contributed by atoms with van der Waals surface area (Å²) >= 11 is 0. The van der Waals surface area contributed by atoms with E-state index >= 15 is 0 Å². The fraction of sp³-hybridized carbons (Fsp3) is 0.286. The molecule has 0 atom stereocenters. The lowest BCUT2D eigenvalue weighted by Crippen LogP contribution is -2.35. The van der Waals surface area contributed by atoms with E-state index in [0.717, 1.165) is 37.1 Å². The lowest BCUT2D eigenvalue weighted by atomic mass is 10.1. The number of piperidine rings is 1. The molecule has 7 nitrogen and oxygen atoms in total. The SMILES string of the molecule is O=C(c1cccc(-c2noc(-c3ccc4c(c3)OCO4)n2)c1)N1CCCCC1. The second-order valence-electron chi connectivity index (χ2n) is 6.92. The fourth-order valence-electron chi connectivity index (χ4n) is 3.56. The lowest BCUT2D eigenvalue weighted by molar-refractivity contribution is 0.0724. The van der Waals surface area contributed by atoms with Crippen molar-refractivity contribution in [3.05, 3.63) is 48.0 Å². The van der Waals surface area contributed by atoms with Gasteiger partial charge in [-0.05, 0) is 49.6 Å². The highest BCUT2D eigenvalue weighted by atomic mass is 16.7. The van der Waals surface area contributed by atoms with Crippen molar-refractivity contribution in [1.82, 2.24) is 15.0 Å². The van der Waals surface area contributed by atoms with Gasteiger partial charge in [0.2, 0.25) is 12.6 Å². The largest absolute Gasteiger partial charge is 0.454 e. The maximum atomic E-state index is 12.8. The molecule has 1 amide bonds. The van der Waals surface area contributed by atoms with Crippen molar-refractivity contribution in [3.63, 3.8) is 0 Å². The molecule has 0 bridgehead atoms. The standard InChI is InChI=1S/C21H19N3O4/c25-21(24-9-2-1-3-10-24)16-6-4-5-14(11-16)19-22-20(28-23-19)15-7-8-17-18(12-15)27-13-26-17/h4-8,11-12H,1-3,9-10,13H2. The number of likely N-dealkylation sites (tertiary alicyclic amines) is 1. The van der Waals surface area contributed by atoms with Crippen LogP contribution >= 0.6 is 0 Å². The zero-order valence-electron chi connectivity index (χ0n) is 15.3. The molecule has 1 aromatic heterocycles. The second-order valence-corrected chi connectivity index (χ2v) is 6.92. The number of fused-ring (bicyclic) bond motifs is 1. The number of carbonyl (C=O) groups is 1. The molecule has 2 aliphatic rings. The minimum absolute atomic E-state index is 0.0565. The number of carbonyl (C=O) groups excluding carboxylic acids is 1. The van der Waals surface area contributed by atoms with Crippen LogP contribution in [0.2, 0.25) is 0 Å². The van der Waals surface area contributed by atoms with Crippen LogP contribution in [-0.2, 0) is 0 Å². The Morgan fingerprint density at radius 2 is 1.79 bits per heavy atom. The monoisotopic (exact) mass is 377 g/mol. The Bertz CT molecular complexity index is 1020. The highest BCUT2D eigenvalue weighted by molar-refractivity contribution is 5.95. The zero-order chi connectivity index (χ0) is 18.9. The maximum Gasteiger partial charge on any atom is 0.258 e. The number of amides is 1. The predicted molar refractivity (Wildman–Crippen MR) is 101 cm³/mol. The number of ether oxygens (including phenoxy) is 2. The molecular weight excluding hydrogens is 358 g/mol. The van der Waals surface area contributed by atoms with Crippen molar-refractivity contribution in [1.29, 1.82) is 0 Å². The van der Waals surface area contributed by atoms with Gasteiger partial charge >= 0.3 is 0 Å². The normalized spacial score (nSPS) is 15.6. The molecule has 28 heavy (non-hydrogen) atoms. The van der Waals surface area contributed by atoms with Gasteiger partial charge in [0.25, 0.3) is 11.8 Å². The van der Waals surface area contributed by atoms with Crippen LogP contribution in [0.25, 0.3) is 22.8 Å². The van der Waals surface area contributed by atoms with Crippen LogP contribution in [0.5, 0.6) is 11.5 Å². The Labute approximate surface area is 161 Å². The summed E-state index contributed by atoms with van der Waals surface area (Å²) in [4.78, 5) is 19.2. The third kappa shape index (κ3) is 3.09. The minimum atomic E-state index is 0.0565. The van der Waals surface area contributed by atoms with Crippen LogP contribution in [0.3, 0.4) is 0 Å². The van der Waals surface area contributed by atoms with Crippen LogP contribution in [0.4, 0.5) is 0 Å². The molecule has 0 radical (unpaired) electrons. The van der Waals surface area contributed by atoms with E-state index in [1.807, 2.05) is 47.4 Å². The first-order valence-corrected chi connectivity index (χ1v) is 9.41. The molecule has 0 spiro atoms. The number of benzene rings is 2. The molecule has 1 fully saturated rings. The number of aromatic nitrogens is 2. The molecule has 0 unspecified atom stereocenters. The Kier molecular flexibility index (Phi) is 4.20. The Hall–Kier alpha value is -3.35. The first-order chi connectivity index (χ1) is 13.8. The van der Waals surface area contributed by atoms with Crippen molar-refractivity contribution in [2.75, 3.05) is 19.9 Å². The minimum Gasteiger partial charge on any atom is -0.454 e. The van der Waals surface area contributed by atoms with Gasteiger partial charge in [0.1, 0.15) is 0 Å². The van der Waals surface area contributed by atoms with Gasteiger partial charge in [-0.15, -0.1) is 0 Å². The second kappa shape index (κ2) is 6.99. The number of rotatable bonds is 3. The van der Waals surface area contributed by atoms with E-state index in [1.54, 1.807) is 0 Å². The van der Waals surface area contributed by atoms with Crippen molar-refractivity contribution in [2.45, 2.75) is 19.3 Å². The molecule has 0 saturated carbocycles. The molecule has 142 valence electrons. The number of nitrogens with zero attached hydrogens (tertiary/aromatic N) is 3. The Balaban J connectivity index is 1.40. The topological polar surface area (TPSA) is 77.7 Å². The summed E-state index contributed by atoms with van der Waals surface area (Å²) in [6.07, 6.45) is 3.32. The van der Waals surface area contributed by atoms with E-state index in [1.165, 1.54) is 6.42 Å². The molecule has 2 aliphatic heterocycles. The summed E-state index contributed by atoms with van der Waals surface area (Å²) in [5.41, 5.74) is 2.15. The zero-order valence-corrected chi connectivity index (χ0v) is 15.3. The van der Waals surface area contributed by atoms with E-state index in [2.05, 4.69) is 10.1 Å². The number of hydrogen-bond acceptors (Lipinski definition) is 6. The molecule has 3 aromatic rings. The highest BCUT2D eigenvalue weighted by Crippen LogP contribution is 2.35. The summed E-state index contributed by atoms with van der Waals surface area (Å²) in [5.74, 6) is 2.25.